The molecule has 0 atom stereocenters. The summed E-state index contributed by atoms with van der Waals surface area (Å²) in [4.78, 5) is 2.53. The third-order valence-corrected chi connectivity index (χ3v) is 3.29. The minimum atomic E-state index is 0.437. The molecule has 0 radical (unpaired) electrons. The predicted octanol–water partition coefficient (Wildman–Crippen LogP) is 1.71. The first-order chi connectivity index (χ1) is 6.81. The highest BCUT2D eigenvalue weighted by Gasteiger charge is 2.23. The number of rotatable bonds is 4. The number of hydrogen-bond acceptors (Lipinski definition) is 3. The fourth-order valence-electron chi connectivity index (χ4n) is 2.42. The smallest absolute Gasteiger partial charge is 0.176 e. The molecule has 0 heterocycles. The quantitative estimate of drug-likeness (QED) is 0.548. The largest absolute Gasteiger partial charge is 0.321 e. The van der Waals surface area contributed by atoms with Crippen LogP contribution < -0.4 is 5.32 Å². The summed E-state index contributed by atoms with van der Waals surface area (Å²) in [5, 5.41) is 11.4. The van der Waals surface area contributed by atoms with Gasteiger partial charge in [-0.05, 0) is 38.8 Å². The lowest BCUT2D eigenvalue weighted by atomic mass is 9.90. The van der Waals surface area contributed by atoms with Crippen LogP contribution in [0.3, 0.4) is 0 Å². The molecule has 0 saturated heterocycles. The van der Waals surface area contributed by atoms with Crippen LogP contribution in [0.5, 0.6) is 0 Å². The summed E-state index contributed by atoms with van der Waals surface area (Å²) in [5.74, 6) is 0. The SMILES string of the molecule is CCN(CC)C1CCC(NC#N)CC1. The van der Waals surface area contributed by atoms with Crippen LogP contribution in [0.25, 0.3) is 0 Å². The van der Waals surface area contributed by atoms with E-state index >= 15 is 0 Å². The molecule has 1 fully saturated rings. The van der Waals surface area contributed by atoms with E-state index in [1.165, 1.54) is 12.8 Å². The van der Waals surface area contributed by atoms with Crippen LogP contribution in [-0.2, 0) is 0 Å². The third-order valence-electron chi connectivity index (χ3n) is 3.29. The molecule has 0 amide bonds. The molecule has 1 N–H and O–H groups in total. The Labute approximate surface area is 87.1 Å². The molecule has 1 saturated carbocycles. The van der Waals surface area contributed by atoms with Crippen molar-refractivity contribution in [2.75, 3.05) is 13.1 Å². The molecule has 80 valence electrons. The Bertz CT molecular complexity index is 185. The Hall–Kier alpha value is -0.750. The highest BCUT2D eigenvalue weighted by molar-refractivity contribution is 4.85. The van der Waals surface area contributed by atoms with Crippen LogP contribution in [0.1, 0.15) is 39.5 Å². The normalized spacial score (nSPS) is 27.3. The lowest BCUT2D eigenvalue weighted by Crippen LogP contribution is -2.41. The molecular weight excluding hydrogens is 174 g/mol. The van der Waals surface area contributed by atoms with Gasteiger partial charge in [0.15, 0.2) is 6.19 Å². The zero-order valence-electron chi connectivity index (χ0n) is 9.29. The van der Waals surface area contributed by atoms with Gasteiger partial charge in [0.05, 0.1) is 0 Å². The summed E-state index contributed by atoms with van der Waals surface area (Å²) in [6.07, 6.45) is 6.82. The van der Waals surface area contributed by atoms with Crippen LogP contribution in [0.4, 0.5) is 0 Å². The van der Waals surface area contributed by atoms with E-state index in [4.69, 9.17) is 5.26 Å². The number of nitriles is 1. The molecule has 0 aromatic rings. The minimum absolute atomic E-state index is 0.437. The van der Waals surface area contributed by atoms with Gasteiger partial charge < -0.3 is 10.2 Å². The fourth-order valence-corrected chi connectivity index (χ4v) is 2.42. The summed E-state index contributed by atoms with van der Waals surface area (Å²) >= 11 is 0. The lowest BCUT2D eigenvalue weighted by Gasteiger charge is -2.35. The summed E-state index contributed by atoms with van der Waals surface area (Å²) < 4.78 is 0. The summed E-state index contributed by atoms with van der Waals surface area (Å²) in [5.41, 5.74) is 0. The molecule has 0 aromatic carbocycles. The van der Waals surface area contributed by atoms with E-state index in [9.17, 15) is 0 Å². The molecule has 0 aliphatic heterocycles. The van der Waals surface area contributed by atoms with Gasteiger partial charge in [-0.15, -0.1) is 0 Å². The van der Waals surface area contributed by atoms with E-state index < -0.39 is 0 Å². The average Bonchev–Trinajstić information content (AvgIpc) is 2.23. The zero-order valence-corrected chi connectivity index (χ0v) is 9.29. The van der Waals surface area contributed by atoms with Gasteiger partial charge in [-0.25, -0.2) is 0 Å². The van der Waals surface area contributed by atoms with Crippen LogP contribution in [0.15, 0.2) is 0 Å². The highest BCUT2D eigenvalue weighted by atomic mass is 15.1. The number of nitrogens with one attached hydrogen (secondary N) is 1. The van der Waals surface area contributed by atoms with Crippen molar-refractivity contribution in [1.82, 2.24) is 10.2 Å². The van der Waals surface area contributed by atoms with E-state index in [0.717, 1.165) is 32.0 Å². The second kappa shape index (κ2) is 5.87. The molecule has 14 heavy (non-hydrogen) atoms. The van der Waals surface area contributed by atoms with E-state index in [1.54, 1.807) is 0 Å². The Morgan fingerprint density at radius 3 is 2.21 bits per heavy atom. The van der Waals surface area contributed by atoms with Gasteiger partial charge in [-0.1, -0.05) is 13.8 Å². The van der Waals surface area contributed by atoms with Gasteiger partial charge in [0, 0.05) is 12.1 Å². The maximum absolute atomic E-state index is 8.51. The first-order valence-electron chi connectivity index (χ1n) is 5.70. The molecule has 3 nitrogen and oxygen atoms in total. The van der Waals surface area contributed by atoms with Gasteiger partial charge in [-0.2, -0.15) is 5.26 Å². The van der Waals surface area contributed by atoms with Gasteiger partial charge in [-0.3, -0.25) is 0 Å². The van der Waals surface area contributed by atoms with Gasteiger partial charge in [0.1, 0.15) is 0 Å². The minimum Gasteiger partial charge on any atom is -0.321 e. The number of nitrogens with zero attached hydrogens (tertiary/aromatic N) is 2. The predicted molar refractivity (Wildman–Crippen MR) is 57.7 cm³/mol. The molecule has 3 heteroatoms. The van der Waals surface area contributed by atoms with Crippen LogP contribution >= 0.6 is 0 Å². The molecule has 1 rings (SSSR count). The summed E-state index contributed by atoms with van der Waals surface area (Å²) in [6, 6.07) is 1.19. The van der Waals surface area contributed by atoms with Crippen molar-refractivity contribution in [3.8, 4) is 6.19 Å². The second-order valence-corrected chi connectivity index (χ2v) is 3.98. The molecule has 1 aliphatic carbocycles. The summed E-state index contributed by atoms with van der Waals surface area (Å²) in [6.45, 7) is 6.75. The lowest BCUT2D eigenvalue weighted by molar-refractivity contribution is 0.160. The third kappa shape index (κ3) is 2.88. The summed E-state index contributed by atoms with van der Waals surface area (Å²) in [7, 11) is 0. The molecular formula is C11H21N3. The number of hydrogen-bond donors (Lipinski definition) is 1. The van der Waals surface area contributed by atoms with E-state index in [0.29, 0.717) is 6.04 Å². The van der Waals surface area contributed by atoms with Gasteiger partial charge in [0.25, 0.3) is 0 Å². The monoisotopic (exact) mass is 195 g/mol. The van der Waals surface area contributed by atoms with Crippen molar-refractivity contribution in [3.05, 3.63) is 0 Å². The van der Waals surface area contributed by atoms with E-state index in [1.807, 2.05) is 6.19 Å². The van der Waals surface area contributed by atoms with Gasteiger partial charge in [0.2, 0.25) is 0 Å². The molecule has 0 unspecified atom stereocenters. The molecule has 0 aromatic heterocycles. The van der Waals surface area contributed by atoms with Crippen molar-refractivity contribution in [2.24, 2.45) is 0 Å². The first-order valence-corrected chi connectivity index (χ1v) is 5.70. The standard InChI is InChI=1S/C11H21N3/c1-3-14(4-2)11-7-5-10(6-8-11)13-9-12/h10-11,13H,3-8H2,1-2H3. The van der Waals surface area contributed by atoms with Crippen LogP contribution in [-0.4, -0.2) is 30.1 Å². The molecule has 0 bridgehead atoms. The fraction of sp³-hybridized carbons (Fsp3) is 0.909. The Morgan fingerprint density at radius 1 is 1.21 bits per heavy atom. The Balaban J connectivity index is 2.31. The Morgan fingerprint density at radius 2 is 1.79 bits per heavy atom. The first kappa shape index (κ1) is 11.3. The van der Waals surface area contributed by atoms with E-state index in [-0.39, 0.29) is 0 Å². The molecule has 0 spiro atoms. The zero-order chi connectivity index (χ0) is 10.4. The Kier molecular flexibility index (Phi) is 4.75. The van der Waals surface area contributed by atoms with Gasteiger partial charge >= 0.3 is 0 Å². The van der Waals surface area contributed by atoms with Crippen molar-refractivity contribution < 1.29 is 0 Å². The van der Waals surface area contributed by atoms with Crippen molar-refractivity contribution in [2.45, 2.75) is 51.6 Å². The second-order valence-electron chi connectivity index (χ2n) is 3.98. The van der Waals surface area contributed by atoms with Crippen LogP contribution in [0, 0.1) is 11.5 Å². The van der Waals surface area contributed by atoms with Crippen molar-refractivity contribution >= 4 is 0 Å². The topological polar surface area (TPSA) is 39.1 Å². The van der Waals surface area contributed by atoms with Crippen molar-refractivity contribution in [1.29, 1.82) is 5.26 Å². The van der Waals surface area contributed by atoms with Crippen molar-refractivity contribution in [3.63, 3.8) is 0 Å². The van der Waals surface area contributed by atoms with Crippen LogP contribution in [0.2, 0.25) is 0 Å². The molecule has 1 aliphatic rings. The van der Waals surface area contributed by atoms with E-state index in [2.05, 4.69) is 24.1 Å². The maximum atomic E-state index is 8.51. The average molecular weight is 195 g/mol. The maximum Gasteiger partial charge on any atom is 0.176 e. The highest BCUT2D eigenvalue weighted by Crippen LogP contribution is 2.22.